The van der Waals surface area contributed by atoms with E-state index in [-0.39, 0.29) is 57.1 Å². The second-order valence-electron chi connectivity index (χ2n) is 3.34. The number of benzene rings is 1. The van der Waals surface area contributed by atoms with Gasteiger partial charge in [0.1, 0.15) is 5.75 Å². The fourth-order valence-corrected chi connectivity index (χ4v) is 1.21. The largest absolute Gasteiger partial charge is 1.00 e. The van der Waals surface area contributed by atoms with Crippen molar-refractivity contribution in [3.63, 3.8) is 0 Å². The summed E-state index contributed by atoms with van der Waals surface area (Å²) in [6.45, 7) is -2.41. The molecule has 0 spiro atoms. The van der Waals surface area contributed by atoms with Gasteiger partial charge in [-0.1, -0.05) is 6.07 Å². The molecule has 0 heterocycles. The van der Waals surface area contributed by atoms with Crippen molar-refractivity contribution in [1.29, 1.82) is 0 Å². The van der Waals surface area contributed by atoms with Crippen molar-refractivity contribution in [2.24, 2.45) is 0 Å². The predicted octanol–water partition coefficient (Wildman–Crippen LogP) is 0.0728. The molecule has 0 saturated carbocycles. The molecule has 1 rings (SSSR count). The molecule has 1 nitrogen and oxygen atoms in total. The summed E-state index contributed by atoms with van der Waals surface area (Å²) in [6, 6.07) is 5.06. The summed E-state index contributed by atoms with van der Waals surface area (Å²) in [5.74, 6) is 0.279. The topological polar surface area (TPSA) is 9.23 Å². The van der Waals surface area contributed by atoms with Gasteiger partial charge in [0, 0.05) is 0 Å². The van der Waals surface area contributed by atoms with Crippen molar-refractivity contribution in [2.45, 2.75) is 13.8 Å². The Morgan fingerprint density at radius 3 is 1.93 bits per heavy atom. The molecule has 6 heteroatoms. The Bertz CT molecular complexity index is 307. The van der Waals surface area contributed by atoms with Crippen LogP contribution < -0.4 is 56.1 Å². The van der Waals surface area contributed by atoms with Crippen LogP contribution in [0.3, 0.4) is 0 Å². The van der Waals surface area contributed by atoms with Crippen LogP contribution in [0, 0.1) is 13.8 Å². The Kier molecular flexibility index (Phi) is 6.51. The minimum Gasteiger partial charge on any atom is -0.522 e. The maximum Gasteiger partial charge on any atom is 1.00 e. The summed E-state index contributed by atoms with van der Waals surface area (Å²) < 4.78 is 40.3. The van der Waals surface area contributed by atoms with E-state index in [2.05, 4.69) is 4.74 Å². The standard InChI is InChI=1S/C9H11BF3O.K/c1-7-3-8(2)5-9(4-7)14-6-10(11,12)13;/h3-5H,6H2,1-2H3;/q-1;+1. The first-order valence-corrected chi connectivity index (χ1v) is 4.29. The zero-order chi connectivity index (χ0) is 10.8. The van der Waals surface area contributed by atoms with Gasteiger partial charge in [-0.2, -0.15) is 0 Å². The van der Waals surface area contributed by atoms with Crippen molar-refractivity contribution in [3.8, 4) is 5.75 Å². The summed E-state index contributed by atoms with van der Waals surface area (Å²) in [5, 5.41) is 0. The van der Waals surface area contributed by atoms with Crippen LogP contribution in [0.2, 0.25) is 0 Å². The van der Waals surface area contributed by atoms with Crippen LogP contribution >= 0.6 is 0 Å². The molecule has 15 heavy (non-hydrogen) atoms. The molecule has 0 bridgehead atoms. The first-order chi connectivity index (χ1) is 6.37. The molecule has 0 radical (unpaired) electrons. The monoisotopic (exact) mass is 242 g/mol. The molecule has 1 aromatic carbocycles. The summed E-state index contributed by atoms with van der Waals surface area (Å²) in [5.41, 5.74) is 1.80. The summed E-state index contributed by atoms with van der Waals surface area (Å²) >= 11 is 0. The van der Waals surface area contributed by atoms with E-state index >= 15 is 0 Å². The summed E-state index contributed by atoms with van der Waals surface area (Å²) in [7, 11) is 0. The van der Waals surface area contributed by atoms with Crippen LogP contribution in [0.1, 0.15) is 11.1 Å². The normalized spacial score (nSPS) is 10.7. The molecule has 0 aliphatic heterocycles. The van der Waals surface area contributed by atoms with E-state index in [1.54, 1.807) is 12.1 Å². The van der Waals surface area contributed by atoms with E-state index in [0.717, 1.165) is 11.1 Å². The SMILES string of the molecule is Cc1cc(C)cc(OC[B-](F)(F)F)c1.[K+]. The van der Waals surface area contributed by atoms with Gasteiger partial charge in [0.2, 0.25) is 0 Å². The van der Waals surface area contributed by atoms with Crippen molar-refractivity contribution in [3.05, 3.63) is 29.3 Å². The molecule has 0 aliphatic rings. The van der Waals surface area contributed by atoms with E-state index < -0.39 is 13.5 Å². The van der Waals surface area contributed by atoms with Crippen molar-refractivity contribution < 1.29 is 69.1 Å². The third kappa shape index (κ3) is 6.63. The van der Waals surface area contributed by atoms with Gasteiger partial charge in [-0.05, 0) is 37.1 Å². The van der Waals surface area contributed by atoms with Crippen LogP contribution in [-0.2, 0) is 0 Å². The van der Waals surface area contributed by atoms with Crippen LogP contribution in [-0.4, -0.2) is 13.5 Å². The molecular weight excluding hydrogens is 231 g/mol. The van der Waals surface area contributed by atoms with Crippen LogP contribution in [0.25, 0.3) is 0 Å². The average molecular weight is 242 g/mol. The molecule has 0 N–H and O–H groups in total. The quantitative estimate of drug-likeness (QED) is 0.682. The molecule has 0 fully saturated rings. The predicted molar refractivity (Wildman–Crippen MR) is 50.5 cm³/mol. The molecule has 1 aromatic rings. The second kappa shape index (κ2) is 6.30. The molecule has 0 atom stereocenters. The molecule has 0 aromatic heterocycles. The van der Waals surface area contributed by atoms with Crippen molar-refractivity contribution in [1.82, 2.24) is 0 Å². The van der Waals surface area contributed by atoms with Gasteiger partial charge in [-0.25, -0.2) is 0 Å². The molecule has 0 unspecified atom stereocenters. The van der Waals surface area contributed by atoms with Crippen molar-refractivity contribution >= 4 is 6.98 Å². The summed E-state index contributed by atoms with van der Waals surface area (Å²) in [6.07, 6.45) is 0. The molecule has 0 saturated heterocycles. The maximum absolute atomic E-state index is 11.9. The summed E-state index contributed by atoms with van der Waals surface area (Å²) in [4.78, 5) is 0. The number of rotatable bonds is 3. The first-order valence-electron chi connectivity index (χ1n) is 4.29. The van der Waals surface area contributed by atoms with Gasteiger partial charge in [0.25, 0.3) is 0 Å². The number of halogens is 3. The van der Waals surface area contributed by atoms with Gasteiger partial charge in [-0.3, -0.25) is 0 Å². The molecular formula is C9H11BF3KO. The van der Waals surface area contributed by atoms with Crippen molar-refractivity contribution in [2.75, 3.05) is 6.51 Å². The van der Waals surface area contributed by atoms with Gasteiger partial charge < -0.3 is 17.7 Å². The van der Waals surface area contributed by atoms with Crippen LogP contribution in [0.5, 0.6) is 5.75 Å². The smallest absolute Gasteiger partial charge is 0.522 e. The third-order valence-electron chi connectivity index (χ3n) is 1.63. The Balaban J connectivity index is 0.00000196. The van der Waals surface area contributed by atoms with Crippen LogP contribution in [0.15, 0.2) is 18.2 Å². The van der Waals surface area contributed by atoms with Gasteiger partial charge in [0.05, 0.1) is 6.51 Å². The minimum atomic E-state index is -4.87. The maximum atomic E-state index is 11.9. The molecule has 78 valence electrons. The average Bonchev–Trinajstić information content (AvgIpc) is 1.97. The van der Waals surface area contributed by atoms with E-state index in [1.807, 2.05) is 19.9 Å². The minimum absolute atomic E-state index is 0. The molecule has 0 aliphatic carbocycles. The zero-order valence-electron chi connectivity index (χ0n) is 9.06. The van der Waals surface area contributed by atoms with Gasteiger partial charge in [-0.15, -0.1) is 0 Å². The first kappa shape index (κ1) is 15.5. The Labute approximate surface area is 130 Å². The Hall–Kier alpha value is 0.511. The van der Waals surface area contributed by atoms with E-state index in [1.165, 1.54) is 0 Å². The van der Waals surface area contributed by atoms with Gasteiger partial charge >= 0.3 is 58.4 Å². The van der Waals surface area contributed by atoms with Crippen LogP contribution in [0.4, 0.5) is 12.9 Å². The third-order valence-corrected chi connectivity index (χ3v) is 1.63. The number of hydrogen-bond acceptors (Lipinski definition) is 1. The fraction of sp³-hybridized carbons (Fsp3) is 0.333. The van der Waals surface area contributed by atoms with E-state index in [4.69, 9.17) is 0 Å². The fourth-order valence-electron chi connectivity index (χ4n) is 1.21. The zero-order valence-corrected chi connectivity index (χ0v) is 12.2. The van der Waals surface area contributed by atoms with E-state index in [0.29, 0.717) is 0 Å². The Morgan fingerprint density at radius 2 is 1.53 bits per heavy atom. The number of ether oxygens (including phenoxy) is 1. The second-order valence-corrected chi connectivity index (χ2v) is 3.34. The van der Waals surface area contributed by atoms with Gasteiger partial charge in [0.15, 0.2) is 0 Å². The molecule has 0 amide bonds. The number of aryl methyl sites for hydroxylation is 2. The number of hydrogen-bond donors (Lipinski definition) is 0. The Morgan fingerprint density at radius 1 is 1.07 bits per heavy atom. The van der Waals surface area contributed by atoms with E-state index in [9.17, 15) is 12.9 Å².